The highest BCUT2D eigenvalue weighted by molar-refractivity contribution is 9.10. The number of hydrogen-bond acceptors (Lipinski definition) is 5. The minimum absolute atomic E-state index is 0.0487. The zero-order valence-electron chi connectivity index (χ0n) is 10.8. The molecule has 0 saturated heterocycles. The summed E-state index contributed by atoms with van der Waals surface area (Å²) in [6.07, 6.45) is 1.49. The summed E-state index contributed by atoms with van der Waals surface area (Å²) in [4.78, 5) is 21.7. The molecular weight excluding hydrogens is 298 g/mol. The highest BCUT2D eigenvalue weighted by Crippen LogP contribution is 2.29. The first-order valence-corrected chi connectivity index (χ1v) is 6.63. The summed E-state index contributed by atoms with van der Waals surface area (Å²) in [5, 5.41) is 5.74. The molecule has 0 unspecified atom stereocenters. The van der Waals surface area contributed by atoms with Crippen molar-refractivity contribution in [1.82, 2.24) is 15.3 Å². The van der Waals surface area contributed by atoms with E-state index in [1.807, 2.05) is 18.7 Å². The average molecular weight is 316 g/mol. The molecule has 1 heterocycles. The van der Waals surface area contributed by atoms with Crippen molar-refractivity contribution in [2.45, 2.75) is 13.8 Å². The van der Waals surface area contributed by atoms with Gasteiger partial charge in [-0.2, -0.15) is 0 Å². The summed E-state index contributed by atoms with van der Waals surface area (Å²) in [5.74, 6) is 1.40. The van der Waals surface area contributed by atoms with E-state index in [2.05, 4.69) is 36.5 Å². The van der Waals surface area contributed by atoms with Crippen LogP contribution in [0.15, 0.2) is 10.8 Å². The van der Waals surface area contributed by atoms with E-state index in [1.54, 1.807) is 7.05 Å². The van der Waals surface area contributed by atoms with E-state index in [1.165, 1.54) is 6.33 Å². The van der Waals surface area contributed by atoms with Crippen LogP contribution >= 0.6 is 15.9 Å². The van der Waals surface area contributed by atoms with Crippen LogP contribution in [0.3, 0.4) is 0 Å². The second-order valence-corrected chi connectivity index (χ2v) is 4.37. The first kappa shape index (κ1) is 14.7. The van der Waals surface area contributed by atoms with E-state index in [4.69, 9.17) is 0 Å². The van der Waals surface area contributed by atoms with Gasteiger partial charge < -0.3 is 15.5 Å². The highest BCUT2D eigenvalue weighted by atomic mass is 79.9. The van der Waals surface area contributed by atoms with Crippen LogP contribution in [-0.2, 0) is 4.79 Å². The molecule has 1 aromatic heterocycles. The van der Waals surface area contributed by atoms with Gasteiger partial charge in [0.15, 0.2) is 0 Å². The van der Waals surface area contributed by atoms with Crippen LogP contribution < -0.4 is 15.5 Å². The van der Waals surface area contributed by atoms with Gasteiger partial charge in [0.2, 0.25) is 5.91 Å². The second-order valence-electron chi connectivity index (χ2n) is 3.58. The van der Waals surface area contributed by atoms with Gasteiger partial charge in [0, 0.05) is 20.1 Å². The zero-order valence-corrected chi connectivity index (χ0v) is 12.4. The van der Waals surface area contributed by atoms with E-state index < -0.39 is 0 Å². The molecule has 2 N–H and O–H groups in total. The molecule has 0 radical (unpaired) electrons. The molecular formula is C11H18BrN5O. The summed E-state index contributed by atoms with van der Waals surface area (Å²) >= 11 is 3.47. The fourth-order valence-corrected chi connectivity index (χ4v) is 2.06. The molecule has 1 rings (SSSR count). The van der Waals surface area contributed by atoms with Crippen LogP contribution in [0.4, 0.5) is 11.6 Å². The van der Waals surface area contributed by atoms with Crippen LogP contribution in [0.2, 0.25) is 0 Å². The number of amides is 1. The summed E-state index contributed by atoms with van der Waals surface area (Å²) < 4.78 is 0.776. The van der Waals surface area contributed by atoms with Gasteiger partial charge >= 0.3 is 0 Å². The summed E-state index contributed by atoms with van der Waals surface area (Å²) in [7, 11) is 1.62. The Bertz CT molecular complexity index is 412. The molecule has 1 aromatic rings. The molecule has 6 nitrogen and oxygen atoms in total. The number of rotatable bonds is 6. The lowest BCUT2D eigenvalue weighted by Crippen LogP contribution is -2.36. The van der Waals surface area contributed by atoms with E-state index in [-0.39, 0.29) is 12.5 Å². The predicted octanol–water partition coefficient (Wildman–Crippen LogP) is 1.24. The Labute approximate surface area is 115 Å². The Morgan fingerprint density at radius 3 is 2.72 bits per heavy atom. The Morgan fingerprint density at radius 2 is 2.17 bits per heavy atom. The van der Waals surface area contributed by atoms with Crippen molar-refractivity contribution in [2.24, 2.45) is 0 Å². The molecule has 0 saturated carbocycles. The predicted molar refractivity (Wildman–Crippen MR) is 75.8 cm³/mol. The van der Waals surface area contributed by atoms with Crippen molar-refractivity contribution >= 4 is 33.5 Å². The second kappa shape index (κ2) is 7.15. The number of carbonyl (C=O) groups is 1. The zero-order chi connectivity index (χ0) is 13.5. The number of nitrogens with zero attached hydrogens (tertiary/aromatic N) is 3. The molecule has 0 aliphatic heterocycles. The lowest BCUT2D eigenvalue weighted by atomic mass is 10.4. The molecule has 0 atom stereocenters. The van der Waals surface area contributed by atoms with Crippen LogP contribution in [-0.4, -0.2) is 42.6 Å². The molecule has 100 valence electrons. The third-order valence-electron chi connectivity index (χ3n) is 2.41. The topological polar surface area (TPSA) is 70.2 Å². The van der Waals surface area contributed by atoms with Crippen molar-refractivity contribution in [1.29, 1.82) is 0 Å². The minimum Gasteiger partial charge on any atom is -0.369 e. The standard InChI is InChI=1S/C11H18BrN5O/c1-4-14-10-9(12)11(16-7-15-10)17(5-2)6-8(18)13-3/h7H,4-6H2,1-3H3,(H,13,18)(H,14,15,16). The first-order valence-electron chi connectivity index (χ1n) is 5.83. The number of nitrogens with one attached hydrogen (secondary N) is 2. The maximum atomic E-state index is 11.4. The van der Waals surface area contributed by atoms with Crippen LogP contribution in [0.1, 0.15) is 13.8 Å². The van der Waals surface area contributed by atoms with Gasteiger partial charge in [-0.15, -0.1) is 0 Å². The summed E-state index contributed by atoms with van der Waals surface area (Å²) in [6.45, 7) is 5.71. The monoisotopic (exact) mass is 315 g/mol. The maximum absolute atomic E-state index is 11.4. The highest BCUT2D eigenvalue weighted by Gasteiger charge is 2.16. The van der Waals surface area contributed by atoms with Gasteiger partial charge in [0.25, 0.3) is 0 Å². The van der Waals surface area contributed by atoms with E-state index >= 15 is 0 Å². The van der Waals surface area contributed by atoms with Crippen LogP contribution in [0.25, 0.3) is 0 Å². The number of hydrogen-bond donors (Lipinski definition) is 2. The van der Waals surface area contributed by atoms with Gasteiger partial charge in [-0.05, 0) is 29.8 Å². The number of carbonyl (C=O) groups excluding carboxylic acids is 1. The SMILES string of the molecule is CCNc1ncnc(N(CC)CC(=O)NC)c1Br. The van der Waals surface area contributed by atoms with Gasteiger partial charge in [-0.25, -0.2) is 9.97 Å². The first-order chi connectivity index (χ1) is 8.63. The lowest BCUT2D eigenvalue weighted by Gasteiger charge is -2.22. The van der Waals surface area contributed by atoms with Crippen LogP contribution in [0.5, 0.6) is 0 Å². The fraction of sp³-hybridized carbons (Fsp3) is 0.545. The van der Waals surface area contributed by atoms with Gasteiger partial charge in [0.05, 0.1) is 6.54 Å². The Kier molecular flexibility index (Phi) is 5.84. The smallest absolute Gasteiger partial charge is 0.239 e. The Morgan fingerprint density at radius 1 is 1.44 bits per heavy atom. The summed E-state index contributed by atoms with van der Waals surface area (Å²) in [5.41, 5.74) is 0. The maximum Gasteiger partial charge on any atom is 0.239 e. The van der Waals surface area contributed by atoms with E-state index in [9.17, 15) is 4.79 Å². The third-order valence-corrected chi connectivity index (χ3v) is 3.14. The normalized spacial score (nSPS) is 10.0. The molecule has 0 aliphatic rings. The Balaban J connectivity index is 2.98. The Hall–Kier alpha value is -1.37. The van der Waals surface area contributed by atoms with Crippen molar-refractivity contribution in [3.63, 3.8) is 0 Å². The number of anilines is 2. The van der Waals surface area contributed by atoms with Crippen LogP contribution in [0, 0.1) is 0 Å². The van der Waals surface area contributed by atoms with Crippen molar-refractivity contribution in [2.75, 3.05) is 36.9 Å². The molecule has 0 bridgehead atoms. The molecule has 0 fully saturated rings. The van der Waals surface area contributed by atoms with E-state index in [0.717, 1.165) is 16.8 Å². The summed E-state index contributed by atoms with van der Waals surface area (Å²) in [6, 6.07) is 0. The van der Waals surface area contributed by atoms with Crippen molar-refractivity contribution in [3.05, 3.63) is 10.8 Å². The quantitative estimate of drug-likeness (QED) is 0.826. The molecule has 0 spiro atoms. The van der Waals surface area contributed by atoms with Gasteiger partial charge in [0.1, 0.15) is 22.4 Å². The minimum atomic E-state index is -0.0487. The van der Waals surface area contributed by atoms with Crippen molar-refractivity contribution in [3.8, 4) is 0 Å². The fourth-order valence-electron chi connectivity index (χ4n) is 1.46. The van der Waals surface area contributed by atoms with Gasteiger partial charge in [-0.3, -0.25) is 4.79 Å². The van der Waals surface area contributed by atoms with Gasteiger partial charge in [-0.1, -0.05) is 0 Å². The molecule has 1 amide bonds. The number of halogens is 1. The largest absolute Gasteiger partial charge is 0.369 e. The van der Waals surface area contributed by atoms with E-state index in [0.29, 0.717) is 12.4 Å². The average Bonchev–Trinajstić information content (AvgIpc) is 2.38. The van der Waals surface area contributed by atoms with Crippen molar-refractivity contribution < 1.29 is 4.79 Å². The molecule has 0 aromatic carbocycles. The lowest BCUT2D eigenvalue weighted by molar-refractivity contribution is -0.119. The molecule has 0 aliphatic carbocycles. The third kappa shape index (κ3) is 3.56. The molecule has 18 heavy (non-hydrogen) atoms. The number of aromatic nitrogens is 2. The number of likely N-dealkylation sites (N-methyl/N-ethyl adjacent to an activating group) is 2. The molecule has 7 heteroatoms.